The summed E-state index contributed by atoms with van der Waals surface area (Å²) in [7, 11) is -2.84. The van der Waals surface area contributed by atoms with Gasteiger partial charge in [0.15, 0.2) is 9.84 Å². The molecule has 1 fully saturated rings. The average molecular weight is 315 g/mol. The van der Waals surface area contributed by atoms with E-state index in [-0.39, 0.29) is 17.5 Å². The Morgan fingerprint density at radius 3 is 2.86 bits per heavy atom. The van der Waals surface area contributed by atoms with E-state index in [4.69, 9.17) is 0 Å². The molecule has 0 spiro atoms. The molecule has 120 valence electrons. The van der Waals surface area contributed by atoms with E-state index in [1.165, 1.54) is 0 Å². The van der Waals surface area contributed by atoms with E-state index < -0.39 is 9.84 Å². The molecule has 1 saturated heterocycles. The van der Waals surface area contributed by atoms with Crippen LogP contribution >= 0.6 is 0 Å². The quantitative estimate of drug-likeness (QED) is 0.789. The molecule has 21 heavy (non-hydrogen) atoms. The summed E-state index contributed by atoms with van der Waals surface area (Å²) in [6.45, 7) is 9.02. The molecule has 1 aromatic rings. The molecule has 0 bridgehead atoms. The van der Waals surface area contributed by atoms with Gasteiger partial charge in [0.25, 0.3) is 0 Å². The third kappa shape index (κ3) is 5.05. The van der Waals surface area contributed by atoms with Crippen LogP contribution in [0, 0.1) is 0 Å². The highest BCUT2D eigenvalue weighted by atomic mass is 32.2. The van der Waals surface area contributed by atoms with Crippen molar-refractivity contribution < 1.29 is 8.42 Å². The van der Waals surface area contributed by atoms with Crippen LogP contribution in [-0.2, 0) is 22.9 Å². The highest BCUT2D eigenvalue weighted by Crippen LogP contribution is 2.11. The van der Waals surface area contributed by atoms with Gasteiger partial charge in [-0.25, -0.2) is 8.42 Å². The molecule has 0 radical (unpaired) electrons. The summed E-state index contributed by atoms with van der Waals surface area (Å²) in [5, 5.41) is 11.5. The maximum absolute atomic E-state index is 11.5. The van der Waals surface area contributed by atoms with Gasteiger partial charge in [-0.3, -0.25) is 9.58 Å². The minimum absolute atomic E-state index is 0.0781. The molecule has 0 saturated carbocycles. The highest BCUT2D eigenvalue weighted by Gasteiger charge is 2.27. The number of rotatable bonds is 6. The second kappa shape index (κ2) is 6.85. The van der Waals surface area contributed by atoms with Gasteiger partial charge in [0.1, 0.15) is 0 Å². The Morgan fingerprint density at radius 1 is 1.43 bits per heavy atom. The fraction of sp³-hybridized carbons (Fsp3) is 0.846. The fourth-order valence-corrected chi connectivity index (χ4v) is 4.06. The van der Waals surface area contributed by atoms with Crippen LogP contribution in [0.3, 0.4) is 0 Å². The predicted molar refractivity (Wildman–Crippen MR) is 81.7 cm³/mol. The van der Waals surface area contributed by atoms with Crippen molar-refractivity contribution in [2.75, 3.05) is 24.6 Å². The SMILES string of the molecule is CC(C)NCc1cn(CCN2CCS(=O)(=O)CC2C)nn1. The van der Waals surface area contributed by atoms with Gasteiger partial charge in [0, 0.05) is 37.9 Å². The topological polar surface area (TPSA) is 80.1 Å². The molecular weight excluding hydrogens is 290 g/mol. The Morgan fingerprint density at radius 2 is 2.19 bits per heavy atom. The largest absolute Gasteiger partial charge is 0.309 e. The lowest BCUT2D eigenvalue weighted by molar-refractivity contribution is 0.214. The van der Waals surface area contributed by atoms with Gasteiger partial charge in [0.05, 0.1) is 23.7 Å². The van der Waals surface area contributed by atoms with Gasteiger partial charge in [-0.05, 0) is 6.92 Å². The number of nitrogens with zero attached hydrogens (tertiary/aromatic N) is 4. The lowest BCUT2D eigenvalue weighted by Crippen LogP contribution is -2.47. The van der Waals surface area contributed by atoms with Crippen molar-refractivity contribution in [3.05, 3.63) is 11.9 Å². The maximum atomic E-state index is 11.5. The van der Waals surface area contributed by atoms with Crippen LogP contribution in [0.4, 0.5) is 0 Å². The maximum Gasteiger partial charge on any atom is 0.153 e. The molecule has 1 aliphatic heterocycles. The number of nitrogens with one attached hydrogen (secondary N) is 1. The second-order valence-electron chi connectivity index (χ2n) is 6.01. The Labute approximate surface area is 126 Å². The lowest BCUT2D eigenvalue weighted by atomic mass is 10.3. The molecule has 1 aromatic heterocycles. The highest BCUT2D eigenvalue weighted by molar-refractivity contribution is 7.91. The summed E-state index contributed by atoms with van der Waals surface area (Å²) in [6.07, 6.45) is 1.95. The zero-order valence-electron chi connectivity index (χ0n) is 13.0. The van der Waals surface area contributed by atoms with Crippen LogP contribution in [0.5, 0.6) is 0 Å². The molecule has 8 heteroatoms. The summed E-state index contributed by atoms with van der Waals surface area (Å²) in [4.78, 5) is 2.20. The zero-order chi connectivity index (χ0) is 15.5. The van der Waals surface area contributed by atoms with Gasteiger partial charge >= 0.3 is 0 Å². The summed E-state index contributed by atoms with van der Waals surface area (Å²) in [6, 6.07) is 0.501. The van der Waals surface area contributed by atoms with Crippen molar-refractivity contribution in [3.8, 4) is 0 Å². The molecule has 0 amide bonds. The van der Waals surface area contributed by atoms with E-state index in [0.29, 0.717) is 12.6 Å². The first kappa shape index (κ1) is 16.4. The molecule has 2 rings (SSSR count). The van der Waals surface area contributed by atoms with Gasteiger partial charge in [-0.2, -0.15) is 0 Å². The van der Waals surface area contributed by atoms with E-state index in [0.717, 1.165) is 25.3 Å². The van der Waals surface area contributed by atoms with E-state index in [2.05, 4.69) is 34.4 Å². The fourth-order valence-electron chi connectivity index (χ4n) is 2.43. The number of hydrogen-bond donors (Lipinski definition) is 1. The second-order valence-corrected chi connectivity index (χ2v) is 8.24. The van der Waals surface area contributed by atoms with E-state index >= 15 is 0 Å². The molecule has 7 nitrogen and oxygen atoms in total. The normalized spacial score (nSPS) is 22.8. The third-order valence-corrected chi connectivity index (χ3v) is 5.50. The molecular formula is C13H25N5O2S. The number of hydrogen-bond acceptors (Lipinski definition) is 6. The van der Waals surface area contributed by atoms with Crippen molar-refractivity contribution in [3.63, 3.8) is 0 Å². The number of sulfone groups is 1. The van der Waals surface area contributed by atoms with Gasteiger partial charge in [0.2, 0.25) is 0 Å². The monoisotopic (exact) mass is 315 g/mol. The Hall–Kier alpha value is -0.990. The predicted octanol–water partition coefficient (Wildman–Crippen LogP) is -0.105. The Kier molecular flexibility index (Phi) is 5.34. The van der Waals surface area contributed by atoms with E-state index in [1.807, 2.05) is 17.8 Å². The van der Waals surface area contributed by atoms with Crippen LogP contribution in [0.25, 0.3) is 0 Å². The summed E-state index contributed by atoms with van der Waals surface area (Å²) in [5.74, 6) is 0.520. The first-order chi connectivity index (χ1) is 9.85. The molecule has 1 N–H and O–H groups in total. The molecule has 1 aliphatic rings. The zero-order valence-corrected chi connectivity index (χ0v) is 13.8. The van der Waals surface area contributed by atoms with Crippen molar-refractivity contribution in [1.82, 2.24) is 25.2 Å². The van der Waals surface area contributed by atoms with Crippen LogP contribution in [-0.4, -0.2) is 65.0 Å². The first-order valence-corrected chi connectivity index (χ1v) is 9.25. The van der Waals surface area contributed by atoms with E-state index in [9.17, 15) is 8.42 Å². The molecule has 1 atom stereocenters. The lowest BCUT2D eigenvalue weighted by Gasteiger charge is -2.32. The van der Waals surface area contributed by atoms with Crippen molar-refractivity contribution in [2.45, 2.75) is 45.9 Å². The summed E-state index contributed by atoms with van der Waals surface area (Å²) < 4.78 is 24.9. The Bertz CT molecular complexity index is 555. The summed E-state index contributed by atoms with van der Waals surface area (Å²) in [5.41, 5.74) is 0.929. The van der Waals surface area contributed by atoms with Gasteiger partial charge in [-0.1, -0.05) is 19.1 Å². The van der Waals surface area contributed by atoms with E-state index in [1.54, 1.807) is 0 Å². The van der Waals surface area contributed by atoms with Gasteiger partial charge in [-0.15, -0.1) is 5.10 Å². The van der Waals surface area contributed by atoms with Crippen LogP contribution in [0.1, 0.15) is 26.5 Å². The molecule has 0 aromatic carbocycles. The standard InChI is InChI=1S/C13H25N5O2S/c1-11(2)14-8-13-9-18(16-15-13)5-4-17-6-7-21(19,20)10-12(17)3/h9,11-12,14H,4-8,10H2,1-3H3. The summed E-state index contributed by atoms with van der Waals surface area (Å²) >= 11 is 0. The molecule has 2 heterocycles. The minimum Gasteiger partial charge on any atom is -0.309 e. The van der Waals surface area contributed by atoms with Crippen molar-refractivity contribution in [2.24, 2.45) is 0 Å². The smallest absolute Gasteiger partial charge is 0.153 e. The van der Waals surface area contributed by atoms with Crippen LogP contribution in [0.15, 0.2) is 6.20 Å². The minimum atomic E-state index is -2.84. The molecule has 0 aliphatic carbocycles. The van der Waals surface area contributed by atoms with Crippen molar-refractivity contribution >= 4 is 9.84 Å². The van der Waals surface area contributed by atoms with Crippen LogP contribution < -0.4 is 5.32 Å². The van der Waals surface area contributed by atoms with Gasteiger partial charge < -0.3 is 5.32 Å². The van der Waals surface area contributed by atoms with Crippen molar-refractivity contribution in [1.29, 1.82) is 0 Å². The van der Waals surface area contributed by atoms with Crippen LogP contribution in [0.2, 0.25) is 0 Å². The molecule has 1 unspecified atom stereocenters. The third-order valence-electron chi connectivity index (χ3n) is 3.70. The Balaban J connectivity index is 1.81. The average Bonchev–Trinajstić information content (AvgIpc) is 2.82. The first-order valence-electron chi connectivity index (χ1n) is 7.42. The number of aromatic nitrogens is 3.